The second kappa shape index (κ2) is 4.75. The van der Waals surface area contributed by atoms with Gasteiger partial charge in [-0.15, -0.1) is 0 Å². The Morgan fingerprint density at radius 2 is 2.24 bits per heavy atom. The Hall–Kier alpha value is -0.930. The zero-order valence-corrected chi connectivity index (χ0v) is 10.4. The molecule has 94 valence electrons. The van der Waals surface area contributed by atoms with Crippen LogP contribution in [0.1, 0.15) is 25.8 Å². The first-order valence-corrected chi connectivity index (χ1v) is 6.16. The number of aliphatic hydroxyl groups is 1. The number of hydrogen-bond acceptors (Lipinski definition) is 2. The molecule has 1 aliphatic rings. The summed E-state index contributed by atoms with van der Waals surface area (Å²) in [5.74, 6) is -0.179. The van der Waals surface area contributed by atoms with Crippen LogP contribution in [0.4, 0.5) is 4.39 Å². The van der Waals surface area contributed by atoms with Gasteiger partial charge in [-0.1, -0.05) is 26.0 Å². The van der Waals surface area contributed by atoms with Crippen LogP contribution in [0, 0.1) is 11.2 Å². The minimum absolute atomic E-state index is 0.0397. The largest absolute Gasteiger partial charge is 0.392 e. The van der Waals surface area contributed by atoms with E-state index in [1.54, 1.807) is 12.1 Å². The summed E-state index contributed by atoms with van der Waals surface area (Å²) in [6.45, 7) is 4.96. The van der Waals surface area contributed by atoms with E-state index in [9.17, 15) is 9.50 Å². The fourth-order valence-electron chi connectivity index (χ4n) is 2.33. The molecule has 2 N–H and O–H groups in total. The van der Waals surface area contributed by atoms with Crippen molar-refractivity contribution in [2.24, 2.45) is 5.41 Å². The van der Waals surface area contributed by atoms with Crippen molar-refractivity contribution in [3.05, 3.63) is 35.6 Å². The van der Waals surface area contributed by atoms with Gasteiger partial charge in [0.25, 0.3) is 0 Å². The van der Waals surface area contributed by atoms with Gasteiger partial charge in [0.15, 0.2) is 0 Å². The third kappa shape index (κ3) is 2.67. The molecular weight excluding hydrogens is 217 g/mol. The zero-order chi connectivity index (χ0) is 12.5. The minimum atomic E-state index is -0.200. The lowest BCUT2D eigenvalue weighted by atomic mass is 9.64. The van der Waals surface area contributed by atoms with Crippen molar-refractivity contribution in [3.8, 4) is 0 Å². The van der Waals surface area contributed by atoms with Gasteiger partial charge in [-0.2, -0.15) is 0 Å². The second-order valence-electron chi connectivity index (χ2n) is 5.46. The van der Waals surface area contributed by atoms with Crippen molar-refractivity contribution in [1.29, 1.82) is 0 Å². The fraction of sp³-hybridized carbons (Fsp3) is 0.571. The quantitative estimate of drug-likeness (QED) is 0.840. The minimum Gasteiger partial charge on any atom is -0.392 e. The first-order valence-electron chi connectivity index (χ1n) is 6.16. The van der Waals surface area contributed by atoms with Gasteiger partial charge in [0.05, 0.1) is 6.10 Å². The lowest BCUT2D eigenvalue weighted by molar-refractivity contribution is -0.0720. The van der Waals surface area contributed by atoms with Gasteiger partial charge in [0.1, 0.15) is 5.82 Å². The van der Waals surface area contributed by atoms with Crippen molar-refractivity contribution in [3.63, 3.8) is 0 Å². The van der Waals surface area contributed by atoms with Gasteiger partial charge < -0.3 is 10.4 Å². The van der Waals surface area contributed by atoms with Gasteiger partial charge in [0, 0.05) is 11.5 Å². The van der Waals surface area contributed by atoms with Crippen LogP contribution in [0.2, 0.25) is 0 Å². The Morgan fingerprint density at radius 1 is 1.47 bits per heavy atom. The van der Waals surface area contributed by atoms with Crippen LogP contribution in [-0.2, 0) is 6.42 Å². The predicted octanol–water partition coefficient (Wildman–Crippen LogP) is 2.12. The summed E-state index contributed by atoms with van der Waals surface area (Å²) in [5, 5.41) is 13.0. The molecule has 0 amide bonds. The van der Waals surface area contributed by atoms with Gasteiger partial charge in [-0.25, -0.2) is 4.39 Å². The summed E-state index contributed by atoms with van der Waals surface area (Å²) in [6, 6.07) is 7.07. The van der Waals surface area contributed by atoms with Crippen LogP contribution in [0.15, 0.2) is 24.3 Å². The number of benzene rings is 1. The molecule has 1 aromatic rings. The van der Waals surface area contributed by atoms with E-state index >= 15 is 0 Å². The fourth-order valence-corrected chi connectivity index (χ4v) is 2.33. The van der Waals surface area contributed by atoms with Crippen molar-refractivity contribution in [1.82, 2.24) is 5.32 Å². The predicted molar refractivity (Wildman–Crippen MR) is 66.3 cm³/mol. The smallest absolute Gasteiger partial charge is 0.123 e. The molecule has 1 aromatic carbocycles. The Kier molecular flexibility index (Phi) is 3.50. The molecule has 0 spiro atoms. The van der Waals surface area contributed by atoms with Crippen LogP contribution in [0.3, 0.4) is 0 Å². The van der Waals surface area contributed by atoms with Crippen molar-refractivity contribution >= 4 is 0 Å². The molecule has 2 atom stereocenters. The third-order valence-corrected chi connectivity index (χ3v) is 3.91. The van der Waals surface area contributed by atoms with Crippen LogP contribution < -0.4 is 5.32 Å². The molecule has 0 saturated heterocycles. The van der Waals surface area contributed by atoms with E-state index in [0.29, 0.717) is 6.04 Å². The first kappa shape index (κ1) is 12.5. The van der Waals surface area contributed by atoms with Gasteiger partial charge >= 0.3 is 0 Å². The van der Waals surface area contributed by atoms with E-state index in [0.717, 1.165) is 24.9 Å². The molecule has 0 bridgehead atoms. The highest BCUT2D eigenvalue weighted by molar-refractivity contribution is 5.16. The van der Waals surface area contributed by atoms with Crippen LogP contribution >= 0.6 is 0 Å². The molecule has 0 aliphatic heterocycles. The maximum absolute atomic E-state index is 13.0. The Labute approximate surface area is 102 Å². The van der Waals surface area contributed by atoms with Crippen molar-refractivity contribution < 1.29 is 9.50 Å². The maximum Gasteiger partial charge on any atom is 0.123 e. The molecule has 1 saturated carbocycles. The summed E-state index contributed by atoms with van der Waals surface area (Å²) < 4.78 is 13.0. The van der Waals surface area contributed by atoms with Gasteiger partial charge in [-0.05, 0) is 37.1 Å². The summed E-state index contributed by atoms with van der Waals surface area (Å²) in [4.78, 5) is 0. The molecule has 3 heteroatoms. The van der Waals surface area contributed by atoms with Crippen LogP contribution in [0.5, 0.6) is 0 Å². The van der Waals surface area contributed by atoms with E-state index in [1.807, 2.05) is 6.07 Å². The Morgan fingerprint density at radius 3 is 2.82 bits per heavy atom. The first-order chi connectivity index (χ1) is 8.00. The summed E-state index contributed by atoms with van der Waals surface area (Å²) in [6.07, 6.45) is 1.44. The molecular formula is C14H20FNO. The highest BCUT2D eigenvalue weighted by Crippen LogP contribution is 2.40. The number of halogens is 1. The molecule has 0 radical (unpaired) electrons. The molecule has 2 unspecified atom stereocenters. The maximum atomic E-state index is 13.0. The van der Waals surface area contributed by atoms with Gasteiger partial charge in [0.2, 0.25) is 0 Å². The number of aliphatic hydroxyl groups excluding tert-OH is 1. The Balaban J connectivity index is 1.77. The molecule has 2 rings (SSSR count). The summed E-state index contributed by atoms with van der Waals surface area (Å²) in [5.41, 5.74) is 0.970. The molecule has 1 fully saturated rings. The van der Waals surface area contributed by atoms with Gasteiger partial charge in [-0.3, -0.25) is 0 Å². The van der Waals surface area contributed by atoms with Crippen LogP contribution in [-0.4, -0.2) is 23.8 Å². The van der Waals surface area contributed by atoms with E-state index in [1.165, 1.54) is 6.07 Å². The van der Waals surface area contributed by atoms with E-state index in [2.05, 4.69) is 19.2 Å². The lowest BCUT2D eigenvalue weighted by Crippen LogP contribution is -2.60. The topological polar surface area (TPSA) is 32.3 Å². The van der Waals surface area contributed by atoms with E-state index in [-0.39, 0.29) is 17.3 Å². The monoisotopic (exact) mass is 237 g/mol. The average Bonchev–Trinajstić information content (AvgIpc) is 2.28. The number of rotatable bonds is 4. The molecule has 2 nitrogen and oxygen atoms in total. The Bertz CT molecular complexity index is 392. The second-order valence-corrected chi connectivity index (χ2v) is 5.46. The highest BCUT2D eigenvalue weighted by Gasteiger charge is 2.46. The highest BCUT2D eigenvalue weighted by atomic mass is 19.1. The van der Waals surface area contributed by atoms with E-state index < -0.39 is 0 Å². The lowest BCUT2D eigenvalue weighted by Gasteiger charge is -2.49. The third-order valence-electron chi connectivity index (χ3n) is 3.91. The number of hydrogen-bond donors (Lipinski definition) is 2. The normalized spacial score (nSPS) is 26.6. The standard InChI is InChI=1S/C14H20FNO/c1-14(2)12(9-13(14)17)16-7-6-10-4-3-5-11(15)8-10/h3-5,8,12-13,16-17H,6-7,9H2,1-2H3. The molecule has 0 aromatic heterocycles. The zero-order valence-electron chi connectivity index (χ0n) is 10.4. The van der Waals surface area contributed by atoms with Crippen LogP contribution in [0.25, 0.3) is 0 Å². The van der Waals surface area contributed by atoms with Crippen molar-refractivity contribution in [2.75, 3.05) is 6.54 Å². The van der Waals surface area contributed by atoms with E-state index in [4.69, 9.17) is 0 Å². The summed E-state index contributed by atoms with van der Waals surface area (Å²) in [7, 11) is 0. The molecule has 1 aliphatic carbocycles. The molecule has 17 heavy (non-hydrogen) atoms. The average molecular weight is 237 g/mol. The summed E-state index contributed by atoms with van der Waals surface area (Å²) >= 11 is 0. The number of nitrogens with one attached hydrogen (secondary N) is 1. The SMILES string of the molecule is CC1(C)C(O)CC1NCCc1cccc(F)c1. The molecule has 0 heterocycles. The van der Waals surface area contributed by atoms with Crippen molar-refractivity contribution in [2.45, 2.75) is 38.8 Å².